The highest BCUT2D eigenvalue weighted by Gasteiger charge is 2.06. The minimum Gasteiger partial charge on any atom is -0.489 e. The van der Waals surface area contributed by atoms with Crippen LogP contribution in [0.15, 0.2) is 18.2 Å². The van der Waals surface area contributed by atoms with Gasteiger partial charge >= 0.3 is 0 Å². The van der Waals surface area contributed by atoms with Gasteiger partial charge in [0.2, 0.25) is 0 Å². The van der Waals surface area contributed by atoms with Gasteiger partial charge in [0.15, 0.2) is 0 Å². The van der Waals surface area contributed by atoms with E-state index in [4.69, 9.17) is 33.0 Å². The molecule has 0 aliphatic carbocycles. The summed E-state index contributed by atoms with van der Waals surface area (Å²) < 4.78 is 17.7. The van der Waals surface area contributed by atoms with Gasteiger partial charge in [0.1, 0.15) is 24.3 Å². The van der Waals surface area contributed by atoms with E-state index in [0.29, 0.717) is 5.75 Å². The second-order valence-electron chi connectivity index (χ2n) is 2.69. The molecule has 78 valence electrons. The Bertz CT molecular complexity index is 307. The van der Waals surface area contributed by atoms with Gasteiger partial charge in [-0.25, -0.2) is 4.39 Å². The Balaban J connectivity index is 2.59. The van der Waals surface area contributed by atoms with Gasteiger partial charge < -0.3 is 9.84 Å². The van der Waals surface area contributed by atoms with E-state index in [-0.39, 0.29) is 17.5 Å². The number of alkyl halides is 1. The molecule has 1 unspecified atom stereocenters. The third kappa shape index (κ3) is 3.33. The van der Waals surface area contributed by atoms with Crippen LogP contribution in [0.5, 0.6) is 5.75 Å². The number of benzene rings is 1. The van der Waals surface area contributed by atoms with Gasteiger partial charge in [-0.3, -0.25) is 0 Å². The van der Waals surface area contributed by atoms with Crippen LogP contribution in [0.4, 0.5) is 4.39 Å². The van der Waals surface area contributed by atoms with Crippen LogP contribution in [0.2, 0.25) is 5.02 Å². The monoisotopic (exact) mass is 238 g/mol. The molecule has 0 fully saturated rings. The number of aliphatic hydroxyl groups excluding tert-OH is 1. The van der Waals surface area contributed by atoms with Crippen molar-refractivity contribution in [2.45, 2.75) is 6.10 Å². The number of ether oxygens (including phenoxy) is 1. The molecule has 0 bridgehead atoms. The highest BCUT2D eigenvalue weighted by molar-refractivity contribution is 6.32. The summed E-state index contributed by atoms with van der Waals surface area (Å²) in [6.07, 6.45) is -0.752. The molecular weight excluding hydrogens is 230 g/mol. The maximum atomic E-state index is 12.6. The van der Waals surface area contributed by atoms with E-state index in [1.807, 2.05) is 0 Å². The number of halogens is 3. The third-order valence-corrected chi connectivity index (χ3v) is 2.15. The lowest BCUT2D eigenvalue weighted by molar-refractivity contribution is 0.125. The highest BCUT2D eigenvalue weighted by Crippen LogP contribution is 2.24. The molecule has 14 heavy (non-hydrogen) atoms. The first kappa shape index (κ1) is 11.6. The first-order valence-corrected chi connectivity index (χ1v) is 4.86. The minimum atomic E-state index is -0.752. The second-order valence-corrected chi connectivity index (χ2v) is 3.41. The molecule has 0 saturated heterocycles. The van der Waals surface area contributed by atoms with E-state index < -0.39 is 11.9 Å². The average Bonchev–Trinajstić information content (AvgIpc) is 2.16. The Morgan fingerprint density at radius 3 is 2.79 bits per heavy atom. The van der Waals surface area contributed by atoms with Crippen LogP contribution in [0.1, 0.15) is 0 Å². The molecular formula is C9H9Cl2FO2. The molecule has 1 aromatic carbocycles. The molecule has 5 heteroatoms. The number of rotatable bonds is 4. The van der Waals surface area contributed by atoms with Gasteiger partial charge in [-0.05, 0) is 18.2 Å². The van der Waals surface area contributed by atoms with E-state index >= 15 is 0 Å². The molecule has 0 radical (unpaired) electrons. The molecule has 0 aromatic heterocycles. The standard InChI is InChI=1S/C9H9Cl2FO2/c10-4-7(13)5-14-9-2-1-6(12)3-8(9)11/h1-3,7,13H,4-5H2. The van der Waals surface area contributed by atoms with E-state index in [1.54, 1.807) is 0 Å². The Kier molecular flexibility index (Phi) is 4.45. The maximum Gasteiger partial charge on any atom is 0.138 e. The van der Waals surface area contributed by atoms with Crippen molar-refractivity contribution in [2.75, 3.05) is 12.5 Å². The zero-order valence-electron chi connectivity index (χ0n) is 7.21. The molecule has 0 amide bonds. The SMILES string of the molecule is OC(CCl)COc1ccc(F)cc1Cl. The van der Waals surface area contributed by atoms with Crippen LogP contribution < -0.4 is 4.74 Å². The van der Waals surface area contributed by atoms with Crippen molar-refractivity contribution in [3.05, 3.63) is 29.0 Å². The fourth-order valence-electron chi connectivity index (χ4n) is 0.823. The van der Waals surface area contributed by atoms with Gasteiger partial charge in [-0.15, -0.1) is 11.6 Å². The normalized spacial score (nSPS) is 12.6. The highest BCUT2D eigenvalue weighted by atomic mass is 35.5. The van der Waals surface area contributed by atoms with Gasteiger partial charge in [0.25, 0.3) is 0 Å². The van der Waals surface area contributed by atoms with Crippen LogP contribution in [0, 0.1) is 5.82 Å². The molecule has 0 heterocycles. The number of hydrogen-bond acceptors (Lipinski definition) is 2. The van der Waals surface area contributed by atoms with E-state index in [1.165, 1.54) is 12.1 Å². The molecule has 1 rings (SSSR count). The molecule has 0 aliphatic rings. The average molecular weight is 239 g/mol. The topological polar surface area (TPSA) is 29.5 Å². The number of hydrogen-bond donors (Lipinski definition) is 1. The summed E-state index contributed by atoms with van der Waals surface area (Å²) in [5, 5.41) is 9.26. The summed E-state index contributed by atoms with van der Waals surface area (Å²) in [7, 11) is 0. The summed E-state index contributed by atoms with van der Waals surface area (Å²) in [5.41, 5.74) is 0. The predicted octanol–water partition coefficient (Wildman–Crippen LogP) is 2.46. The van der Waals surface area contributed by atoms with Crippen LogP contribution in [0.3, 0.4) is 0 Å². The molecule has 2 nitrogen and oxygen atoms in total. The van der Waals surface area contributed by atoms with Crippen LogP contribution in [0.25, 0.3) is 0 Å². The van der Waals surface area contributed by atoms with Crippen molar-refractivity contribution in [1.29, 1.82) is 0 Å². The van der Waals surface area contributed by atoms with Crippen molar-refractivity contribution in [2.24, 2.45) is 0 Å². The lowest BCUT2D eigenvalue weighted by Gasteiger charge is -2.10. The van der Waals surface area contributed by atoms with Gasteiger partial charge in [-0.2, -0.15) is 0 Å². The molecule has 0 aliphatic heterocycles. The third-order valence-electron chi connectivity index (χ3n) is 1.50. The summed E-state index contributed by atoms with van der Waals surface area (Å²) in [6, 6.07) is 3.77. The molecule has 0 spiro atoms. The van der Waals surface area contributed by atoms with Crippen LogP contribution in [-0.4, -0.2) is 23.7 Å². The van der Waals surface area contributed by atoms with Crippen LogP contribution in [-0.2, 0) is 0 Å². The number of aliphatic hydroxyl groups is 1. The zero-order chi connectivity index (χ0) is 10.6. The largest absolute Gasteiger partial charge is 0.489 e. The fourth-order valence-corrected chi connectivity index (χ4v) is 1.13. The maximum absolute atomic E-state index is 12.6. The smallest absolute Gasteiger partial charge is 0.138 e. The summed E-state index contributed by atoms with van der Waals surface area (Å²) in [6.45, 7) is 0.0366. The molecule has 1 atom stereocenters. The van der Waals surface area contributed by atoms with Gasteiger partial charge in [-0.1, -0.05) is 11.6 Å². The van der Waals surface area contributed by atoms with Gasteiger partial charge in [0.05, 0.1) is 10.9 Å². The first-order chi connectivity index (χ1) is 6.63. The van der Waals surface area contributed by atoms with E-state index in [9.17, 15) is 4.39 Å². The second kappa shape index (κ2) is 5.39. The van der Waals surface area contributed by atoms with Crippen molar-refractivity contribution in [3.8, 4) is 5.75 Å². The van der Waals surface area contributed by atoms with Crippen molar-refractivity contribution in [1.82, 2.24) is 0 Å². The lowest BCUT2D eigenvalue weighted by atomic mass is 10.3. The van der Waals surface area contributed by atoms with Crippen molar-refractivity contribution < 1.29 is 14.2 Å². The molecule has 1 aromatic rings. The van der Waals surface area contributed by atoms with Crippen molar-refractivity contribution in [3.63, 3.8) is 0 Å². The first-order valence-electron chi connectivity index (χ1n) is 3.95. The zero-order valence-corrected chi connectivity index (χ0v) is 8.72. The Hall–Kier alpha value is -0.510. The predicted molar refractivity (Wildman–Crippen MR) is 53.6 cm³/mol. The summed E-state index contributed by atoms with van der Waals surface area (Å²) in [4.78, 5) is 0. The minimum absolute atomic E-state index is 0.0366. The van der Waals surface area contributed by atoms with Crippen molar-refractivity contribution >= 4 is 23.2 Å². The molecule has 1 N–H and O–H groups in total. The van der Waals surface area contributed by atoms with E-state index in [0.717, 1.165) is 6.07 Å². The lowest BCUT2D eigenvalue weighted by Crippen LogP contribution is -2.18. The fraction of sp³-hybridized carbons (Fsp3) is 0.333. The summed E-state index contributed by atoms with van der Waals surface area (Å²) in [5.74, 6) is -0.0174. The van der Waals surface area contributed by atoms with Crippen LogP contribution >= 0.6 is 23.2 Å². The Labute approximate surface area is 91.2 Å². The quantitative estimate of drug-likeness (QED) is 0.817. The Morgan fingerprint density at radius 1 is 1.50 bits per heavy atom. The molecule has 0 saturated carbocycles. The van der Waals surface area contributed by atoms with E-state index in [2.05, 4.69) is 0 Å². The Morgan fingerprint density at radius 2 is 2.21 bits per heavy atom. The van der Waals surface area contributed by atoms with Gasteiger partial charge in [0, 0.05) is 0 Å². The summed E-state index contributed by atoms with van der Waals surface area (Å²) >= 11 is 11.0.